The molecule has 0 rings (SSSR count). The predicted molar refractivity (Wildman–Crippen MR) is 83.1 cm³/mol. The van der Waals surface area contributed by atoms with Crippen LogP contribution in [0.5, 0.6) is 0 Å². The molecule has 1 amide bonds. The maximum atomic E-state index is 10.9. The van der Waals surface area contributed by atoms with Gasteiger partial charge in [0.15, 0.2) is 0 Å². The third-order valence-electron chi connectivity index (χ3n) is 1.21. The van der Waals surface area contributed by atoms with E-state index < -0.39 is 0 Å². The first-order valence-corrected chi connectivity index (χ1v) is 6.94. The Kier molecular flexibility index (Phi) is 27.2. The van der Waals surface area contributed by atoms with Crippen molar-refractivity contribution in [3.63, 3.8) is 0 Å². The number of hydrogen-bond acceptors (Lipinski definition) is 1. The molecule has 0 saturated carbocycles. The van der Waals surface area contributed by atoms with Crippen molar-refractivity contribution < 1.29 is 37.5 Å². The van der Waals surface area contributed by atoms with E-state index in [0.29, 0.717) is 17.8 Å². The van der Waals surface area contributed by atoms with Crippen LogP contribution in [0.15, 0.2) is 0 Å². The zero-order valence-corrected chi connectivity index (χ0v) is 17.3. The van der Waals surface area contributed by atoms with Crippen LogP contribution in [-0.2, 0) is 37.5 Å². The molecule has 0 aromatic carbocycles. The molecule has 0 saturated heterocycles. The molecule has 0 bridgehead atoms. The second-order valence-electron chi connectivity index (χ2n) is 6.08. The standard InChI is InChI=1S/C8H17NO.2C4H9.Y/c1-6(2)5-9-8(10)7(3)4;2*1-4(2)3;/h6-7H,5H2,1-4H3,(H,9,10);2*4H,1H2,2-3H3;/q;2*-1;. The Labute approximate surface area is 147 Å². The monoisotopic (exact) mass is 346 g/mol. The van der Waals surface area contributed by atoms with Gasteiger partial charge in [0.05, 0.1) is 0 Å². The van der Waals surface area contributed by atoms with E-state index in [1.165, 1.54) is 0 Å². The summed E-state index contributed by atoms with van der Waals surface area (Å²) in [5, 5.41) is 2.84. The molecule has 0 aliphatic rings. The van der Waals surface area contributed by atoms with Gasteiger partial charge in [-0.3, -0.25) is 4.79 Å². The SMILES string of the molecule is CC(C)CNC(=O)C(C)C.[CH2-]C(C)C.[CH2-]C(C)C.[Y]. The van der Waals surface area contributed by atoms with Crippen molar-refractivity contribution in [2.75, 3.05) is 6.54 Å². The molecule has 0 fully saturated rings. The minimum atomic E-state index is 0. The van der Waals surface area contributed by atoms with E-state index in [4.69, 9.17) is 0 Å². The molecule has 0 atom stereocenters. The first-order chi connectivity index (χ1) is 8.00. The summed E-state index contributed by atoms with van der Waals surface area (Å²) < 4.78 is 0. The Morgan fingerprint density at radius 1 is 0.895 bits per heavy atom. The molecular weight excluding hydrogens is 311 g/mol. The summed E-state index contributed by atoms with van der Waals surface area (Å²) in [6.45, 7) is 24.3. The first kappa shape index (κ1) is 27.8. The zero-order valence-electron chi connectivity index (χ0n) is 14.4. The van der Waals surface area contributed by atoms with E-state index >= 15 is 0 Å². The Bertz CT molecular complexity index is 166. The summed E-state index contributed by atoms with van der Waals surface area (Å²) in [6.07, 6.45) is 0. The van der Waals surface area contributed by atoms with Crippen LogP contribution >= 0.6 is 0 Å². The van der Waals surface area contributed by atoms with Crippen molar-refractivity contribution in [3.8, 4) is 0 Å². The van der Waals surface area contributed by atoms with E-state index in [2.05, 4.69) is 60.7 Å². The Hall–Kier alpha value is 0.574. The van der Waals surface area contributed by atoms with Gasteiger partial charge in [-0.2, -0.15) is 11.8 Å². The normalized spacial score (nSPS) is 9.37. The largest absolute Gasteiger partial charge is 0.356 e. The molecule has 0 aromatic rings. The maximum absolute atomic E-state index is 10.9. The van der Waals surface area contributed by atoms with Crippen LogP contribution in [0.3, 0.4) is 0 Å². The van der Waals surface area contributed by atoms with Crippen molar-refractivity contribution in [2.45, 2.75) is 55.4 Å². The van der Waals surface area contributed by atoms with Crippen LogP contribution in [0.4, 0.5) is 0 Å². The van der Waals surface area contributed by atoms with Crippen molar-refractivity contribution in [3.05, 3.63) is 13.8 Å². The summed E-state index contributed by atoms with van der Waals surface area (Å²) in [7, 11) is 0. The van der Waals surface area contributed by atoms with E-state index in [0.717, 1.165) is 6.54 Å². The summed E-state index contributed by atoms with van der Waals surface area (Å²) in [5.41, 5.74) is 0. The third-order valence-corrected chi connectivity index (χ3v) is 1.21. The third kappa shape index (κ3) is 55.7. The summed E-state index contributed by atoms with van der Waals surface area (Å²) in [6, 6.07) is 0. The van der Waals surface area contributed by atoms with Gasteiger partial charge in [-0.15, -0.1) is 0 Å². The van der Waals surface area contributed by atoms with Crippen molar-refractivity contribution in [1.82, 2.24) is 5.32 Å². The summed E-state index contributed by atoms with van der Waals surface area (Å²) >= 11 is 0. The zero-order chi connectivity index (χ0) is 15.3. The first-order valence-electron chi connectivity index (χ1n) is 6.94. The minimum Gasteiger partial charge on any atom is -0.356 e. The molecule has 0 aliphatic heterocycles. The molecule has 1 N–H and O–H groups in total. The van der Waals surface area contributed by atoms with Gasteiger partial charge in [-0.25, -0.2) is 0 Å². The smallest absolute Gasteiger partial charge is 0.222 e. The average molecular weight is 346 g/mol. The molecule has 0 heterocycles. The topological polar surface area (TPSA) is 29.1 Å². The number of nitrogens with one attached hydrogen (secondary N) is 1. The number of carbonyl (C=O) groups excluding carboxylic acids is 1. The molecule has 19 heavy (non-hydrogen) atoms. The Morgan fingerprint density at radius 2 is 1.16 bits per heavy atom. The second kappa shape index (κ2) is 18.6. The van der Waals surface area contributed by atoms with E-state index in [1.54, 1.807) is 0 Å². The van der Waals surface area contributed by atoms with Gasteiger partial charge >= 0.3 is 0 Å². The number of carbonyl (C=O) groups is 1. The van der Waals surface area contributed by atoms with Crippen molar-refractivity contribution in [2.24, 2.45) is 23.7 Å². The van der Waals surface area contributed by atoms with Gasteiger partial charge < -0.3 is 19.2 Å². The molecule has 0 aliphatic carbocycles. The Morgan fingerprint density at radius 3 is 1.32 bits per heavy atom. The molecule has 2 nitrogen and oxygen atoms in total. The second-order valence-corrected chi connectivity index (χ2v) is 6.08. The fourth-order valence-electron chi connectivity index (χ4n) is 0.509. The fraction of sp³-hybridized carbons (Fsp3) is 0.812. The predicted octanol–water partition coefficient (Wildman–Crippen LogP) is 4.37. The van der Waals surface area contributed by atoms with E-state index in [1.807, 2.05) is 13.8 Å². The summed E-state index contributed by atoms with van der Waals surface area (Å²) in [5.74, 6) is 1.97. The number of hydrogen-bond donors (Lipinski definition) is 1. The van der Waals surface area contributed by atoms with Gasteiger partial charge in [0, 0.05) is 45.2 Å². The maximum Gasteiger partial charge on any atom is 0.222 e. The van der Waals surface area contributed by atoms with Gasteiger partial charge in [0.2, 0.25) is 5.91 Å². The van der Waals surface area contributed by atoms with Crippen LogP contribution in [0, 0.1) is 37.5 Å². The van der Waals surface area contributed by atoms with Crippen LogP contribution in [-0.4, -0.2) is 12.5 Å². The fourth-order valence-corrected chi connectivity index (χ4v) is 0.509. The van der Waals surface area contributed by atoms with Crippen molar-refractivity contribution in [1.29, 1.82) is 0 Å². The molecule has 115 valence electrons. The molecule has 1 radical (unpaired) electrons. The Balaban J connectivity index is -0.000000105. The number of rotatable bonds is 3. The summed E-state index contributed by atoms with van der Waals surface area (Å²) in [4.78, 5) is 10.9. The minimum absolute atomic E-state index is 0. The van der Waals surface area contributed by atoms with Gasteiger partial charge in [-0.05, 0) is 5.92 Å². The van der Waals surface area contributed by atoms with Crippen molar-refractivity contribution >= 4 is 5.91 Å². The van der Waals surface area contributed by atoms with Crippen LogP contribution in [0.2, 0.25) is 0 Å². The molecule has 0 spiro atoms. The number of amides is 1. The quantitative estimate of drug-likeness (QED) is 0.756. The van der Waals surface area contributed by atoms with E-state index in [9.17, 15) is 4.79 Å². The average Bonchev–Trinajstić information content (AvgIpc) is 2.11. The van der Waals surface area contributed by atoms with Gasteiger partial charge in [0.25, 0.3) is 0 Å². The van der Waals surface area contributed by atoms with Crippen LogP contribution in [0.1, 0.15) is 55.4 Å². The molecule has 3 heteroatoms. The molecule has 0 aromatic heterocycles. The van der Waals surface area contributed by atoms with E-state index in [-0.39, 0.29) is 44.5 Å². The molecule has 0 unspecified atom stereocenters. The van der Waals surface area contributed by atoms with Crippen LogP contribution in [0.25, 0.3) is 0 Å². The molecular formula is C16H35NOY-2. The van der Waals surface area contributed by atoms with Gasteiger partial charge in [-0.1, -0.05) is 55.4 Å². The van der Waals surface area contributed by atoms with Gasteiger partial charge in [0.1, 0.15) is 0 Å². The van der Waals surface area contributed by atoms with Crippen LogP contribution < -0.4 is 5.32 Å².